The molecule has 2 heteroatoms. The molecule has 0 atom stereocenters. The lowest BCUT2D eigenvalue weighted by Crippen LogP contribution is -1.83. The number of aliphatic hydroxyl groups is 1. The standard InChI is InChI=1S/C11H11NO/c1-9(8-13)6-10-2-4-11(7-12)5-3-10/h2-6,13H,8H2,1H3/b9-6-. The number of aliphatic hydroxyl groups excluding tert-OH is 1. The molecule has 1 N–H and O–H groups in total. The lowest BCUT2D eigenvalue weighted by atomic mass is 10.1. The van der Waals surface area contributed by atoms with Crippen molar-refractivity contribution in [1.29, 1.82) is 5.26 Å². The summed E-state index contributed by atoms with van der Waals surface area (Å²) < 4.78 is 0. The zero-order chi connectivity index (χ0) is 9.68. The van der Waals surface area contributed by atoms with Crippen LogP contribution in [0.25, 0.3) is 6.08 Å². The summed E-state index contributed by atoms with van der Waals surface area (Å²) in [4.78, 5) is 0. The molecule has 0 aliphatic carbocycles. The highest BCUT2D eigenvalue weighted by molar-refractivity contribution is 5.53. The fourth-order valence-corrected chi connectivity index (χ4v) is 0.984. The van der Waals surface area contributed by atoms with Gasteiger partial charge >= 0.3 is 0 Å². The van der Waals surface area contributed by atoms with Gasteiger partial charge in [0.15, 0.2) is 0 Å². The molecule has 0 aliphatic rings. The summed E-state index contributed by atoms with van der Waals surface area (Å²) in [5.74, 6) is 0. The Bertz CT molecular complexity index is 343. The highest BCUT2D eigenvalue weighted by Crippen LogP contribution is 2.07. The Labute approximate surface area is 77.8 Å². The Morgan fingerprint density at radius 2 is 2.08 bits per heavy atom. The van der Waals surface area contributed by atoms with Crippen LogP contribution < -0.4 is 0 Å². The van der Waals surface area contributed by atoms with Crippen molar-refractivity contribution in [3.8, 4) is 6.07 Å². The second-order valence-corrected chi connectivity index (χ2v) is 2.88. The zero-order valence-electron chi connectivity index (χ0n) is 7.49. The van der Waals surface area contributed by atoms with Crippen LogP contribution >= 0.6 is 0 Å². The maximum atomic E-state index is 8.78. The molecule has 1 aromatic rings. The summed E-state index contributed by atoms with van der Waals surface area (Å²) >= 11 is 0. The molecule has 1 rings (SSSR count). The molecule has 0 heterocycles. The van der Waals surface area contributed by atoms with Gasteiger partial charge < -0.3 is 5.11 Å². The number of nitrogens with zero attached hydrogens (tertiary/aromatic N) is 1. The van der Waals surface area contributed by atoms with Crippen LogP contribution in [-0.2, 0) is 0 Å². The Kier molecular flexibility index (Phi) is 3.24. The summed E-state index contributed by atoms with van der Waals surface area (Å²) in [6.45, 7) is 1.93. The van der Waals surface area contributed by atoms with Gasteiger partial charge in [0.2, 0.25) is 0 Å². The Morgan fingerprint density at radius 1 is 1.46 bits per heavy atom. The minimum atomic E-state index is 0.0694. The molecule has 2 nitrogen and oxygen atoms in total. The molecular formula is C11H11NO. The van der Waals surface area contributed by atoms with Crippen LogP contribution in [0.5, 0.6) is 0 Å². The fourth-order valence-electron chi connectivity index (χ4n) is 0.984. The molecule has 0 unspecified atom stereocenters. The van der Waals surface area contributed by atoms with E-state index in [9.17, 15) is 0 Å². The highest BCUT2D eigenvalue weighted by atomic mass is 16.3. The summed E-state index contributed by atoms with van der Waals surface area (Å²) in [6, 6.07) is 9.29. The molecule has 0 fully saturated rings. The van der Waals surface area contributed by atoms with E-state index in [2.05, 4.69) is 6.07 Å². The molecule has 0 bridgehead atoms. The van der Waals surface area contributed by atoms with E-state index in [-0.39, 0.29) is 6.61 Å². The Hall–Kier alpha value is -1.59. The second kappa shape index (κ2) is 4.44. The van der Waals surface area contributed by atoms with Gasteiger partial charge in [-0.1, -0.05) is 18.2 Å². The van der Waals surface area contributed by atoms with Crippen LogP contribution in [0.1, 0.15) is 18.1 Å². The first-order chi connectivity index (χ1) is 6.26. The molecule has 0 radical (unpaired) electrons. The molecule has 66 valence electrons. The zero-order valence-corrected chi connectivity index (χ0v) is 7.49. The molecule has 0 saturated heterocycles. The summed E-state index contributed by atoms with van der Waals surface area (Å²) in [7, 11) is 0. The van der Waals surface area contributed by atoms with Crippen LogP contribution in [0.3, 0.4) is 0 Å². The largest absolute Gasteiger partial charge is 0.392 e. The van der Waals surface area contributed by atoms with Crippen LogP contribution in [0, 0.1) is 11.3 Å². The minimum Gasteiger partial charge on any atom is -0.392 e. The van der Waals surface area contributed by atoms with Crippen LogP contribution in [0.4, 0.5) is 0 Å². The van der Waals surface area contributed by atoms with Gasteiger partial charge in [-0.05, 0) is 30.2 Å². The van der Waals surface area contributed by atoms with Gasteiger partial charge in [-0.3, -0.25) is 0 Å². The van der Waals surface area contributed by atoms with Crippen LogP contribution in [0.2, 0.25) is 0 Å². The summed E-state index contributed by atoms with van der Waals surface area (Å²) in [6.07, 6.45) is 1.89. The van der Waals surface area contributed by atoms with E-state index >= 15 is 0 Å². The third-order valence-electron chi connectivity index (χ3n) is 1.70. The molecule has 13 heavy (non-hydrogen) atoms. The highest BCUT2D eigenvalue weighted by Gasteiger charge is 1.91. The summed E-state index contributed by atoms with van der Waals surface area (Å²) in [5, 5.41) is 17.3. The monoisotopic (exact) mass is 173 g/mol. The van der Waals surface area contributed by atoms with Crippen molar-refractivity contribution in [2.45, 2.75) is 6.92 Å². The first-order valence-corrected chi connectivity index (χ1v) is 4.04. The van der Waals surface area contributed by atoms with Crippen LogP contribution in [0.15, 0.2) is 29.8 Å². The van der Waals surface area contributed by atoms with Crippen molar-refractivity contribution >= 4 is 6.08 Å². The Balaban J connectivity index is 2.88. The van der Waals surface area contributed by atoms with E-state index in [1.54, 1.807) is 12.1 Å². The molecule has 0 amide bonds. The molecule has 0 spiro atoms. The number of hydrogen-bond donors (Lipinski definition) is 1. The summed E-state index contributed by atoms with van der Waals surface area (Å²) in [5.41, 5.74) is 2.56. The number of hydrogen-bond acceptors (Lipinski definition) is 2. The third-order valence-corrected chi connectivity index (χ3v) is 1.70. The van der Waals surface area contributed by atoms with Gasteiger partial charge in [-0.2, -0.15) is 5.26 Å². The van der Waals surface area contributed by atoms with Gasteiger partial charge in [0.05, 0.1) is 18.2 Å². The average Bonchev–Trinajstić information content (AvgIpc) is 2.19. The maximum absolute atomic E-state index is 8.78. The van der Waals surface area contributed by atoms with Crippen LogP contribution in [-0.4, -0.2) is 11.7 Å². The lowest BCUT2D eigenvalue weighted by molar-refractivity contribution is 0.332. The lowest BCUT2D eigenvalue weighted by Gasteiger charge is -1.96. The van der Waals surface area contributed by atoms with Gasteiger partial charge in [0.1, 0.15) is 0 Å². The van der Waals surface area contributed by atoms with E-state index in [4.69, 9.17) is 10.4 Å². The van der Waals surface area contributed by atoms with E-state index < -0.39 is 0 Å². The van der Waals surface area contributed by atoms with Crippen molar-refractivity contribution < 1.29 is 5.11 Å². The average molecular weight is 173 g/mol. The normalized spacial score (nSPS) is 11.0. The SMILES string of the molecule is C/C(=C/c1ccc(C#N)cc1)CO. The fraction of sp³-hybridized carbons (Fsp3) is 0.182. The topological polar surface area (TPSA) is 44.0 Å². The van der Waals surface area contributed by atoms with E-state index in [0.717, 1.165) is 11.1 Å². The predicted molar refractivity (Wildman–Crippen MR) is 51.9 cm³/mol. The van der Waals surface area contributed by atoms with Gasteiger partial charge in [-0.25, -0.2) is 0 Å². The number of nitriles is 1. The molecule has 0 aliphatic heterocycles. The molecule has 1 aromatic carbocycles. The quantitative estimate of drug-likeness (QED) is 0.742. The van der Waals surface area contributed by atoms with Crippen molar-refractivity contribution in [3.63, 3.8) is 0 Å². The minimum absolute atomic E-state index is 0.0694. The van der Waals surface area contributed by atoms with Gasteiger partial charge in [-0.15, -0.1) is 0 Å². The van der Waals surface area contributed by atoms with E-state index in [1.165, 1.54) is 0 Å². The van der Waals surface area contributed by atoms with Crippen molar-refractivity contribution in [1.82, 2.24) is 0 Å². The van der Waals surface area contributed by atoms with E-state index in [1.807, 2.05) is 25.1 Å². The maximum Gasteiger partial charge on any atom is 0.0991 e. The van der Waals surface area contributed by atoms with Crippen molar-refractivity contribution in [3.05, 3.63) is 41.0 Å². The third kappa shape index (κ3) is 2.73. The number of rotatable bonds is 2. The van der Waals surface area contributed by atoms with Crippen molar-refractivity contribution in [2.75, 3.05) is 6.61 Å². The second-order valence-electron chi connectivity index (χ2n) is 2.88. The molecule has 0 aromatic heterocycles. The smallest absolute Gasteiger partial charge is 0.0991 e. The Morgan fingerprint density at radius 3 is 2.54 bits per heavy atom. The predicted octanol–water partition coefficient (Wildman–Crippen LogP) is 1.95. The van der Waals surface area contributed by atoms with Crippen molar-refractivity contribution in [2.24, 2.45) is 0 Å². The van der Waals surface area contributed by atoms with Gasteiger partial charge in [0.25, 0.3) is 0 Å². The molecule has 0 saturated carbocycles. The molecular weight excluding hydrogens is 162 g/mol. The van der Waals surface area contributed by atoms with Gasteiger partial charge in [0, 0.05) is 0 Å². The first kappa shape index (κ1) is 9.50. The number of benzene rings is 1. The first-order valence-electron chi connectivity index (χ1n) is 4.04. The van der Waals surface area contributed by atoms with E-state index in [0.29, 0.717) is 5.56 Å².